The maximum Gasteiger partial charge on any atom is 0.320 e. The monoisotopic (exact) mass is 293 g/mol. The number of carbonyl (C=O) groups excluding carboxylic acids is 2. The van der Waals surface area contributed by atoms with Crippen LogP contribution in [-0.2, 0) is 14.3 Å². The maximum atomic E-state index is 12.2. The summed E-state index contributed by atoms with van der Waals surface area (Å²) in [5.74, 6) is -0.470. The van der Waals surface area contributed by atoms with E-state index in [0.29, 0.717) is 12.6 Å². The van der Waals surface area contributed by atoms with Crippen molar-refractivity contribution in [2.24, 2.45) is 0 Å². The van der Waals surface area contributed by atoms with Crippen molar-refractivity contribution in [3.63, 3.8) is 0 Å². The molecule has 0 aromatic rings. The van der Waals surface area contributed by atoms with Gasteiger partial charge in [-0.2, -0.15) is 5.26 Å². The Bertz CT molecular complexity index is 434. The van der Waals surface area contributed by atoms with Crippen molar-refractivity contribution in [1.82, 2.24) is 10.2 Å². The van der Waals surface area contributed by atoms with Crippen molar-refractivity contribution in [3.8, 4) is 6.07 Å². The highest BCUT2D eigenvalue weighted by atomic mass is 16.5. The molecule has 0 aliphatic heterocycles. The second kappa shape index (κ2) is 6.90. The second-order valence-corrected chi connectivity index (χ2v) is 5.89. The number of hydrogen-bond acceptors (Lipinski definition) is 5. The third-order valence-electron chi connectivity index (χ3n) is 4.10. The van der Waals surface area contributed by atoms with Crippen LogP contribution in [0.2, 0.25) is 0 Å². The summed E-state index contributed by atoms with van der Waals surface area (Å²) in [7, 11) is 0. The van der Waals surface area contributed by atoms with Gasteiger partial charge >= 0.3 is 5.97 Å². The van der Waals surface area contributed by atoms with Gasteiger partial charge in [-0.15, -0.1) is 0 Å². The highest BCUT2D eigenvalue weighted by Crippen LogP contribution is 2.29. The van der Waals surface area contributed by atoms with E-state index in [9.17, 15) is 14.9 Å². The highest BCUT2D eigenvalue weighted by Gasteiger charge is 2.37. The van der Waals surface area contributed by atoms with Gasteiger partial charge in [0.05, 0.1) is 25.8 Å². The molecule has 0 spiro atoms. The van der Waals surface area contributed by atoms with E-state index < -0.39 is 5.54 Å². The zero-order chi connectivity index (χ0) is 15.3. The van der Waals surface area contributed by atoms with E-state index >= 15 is 0 Å². The van der Waals surface area contributed by atoms with Gasteiger partial charge in [0.1, 0.15) is 5.54 Å². The summed E-state index contributed by atoms with van der Waals surface area (Å²) in [6.45, 7) is 2.42. The summed E-state index contributed by atoms with van der Waals surface area (Å²) in [5, 5.41) is 12.2. The van der Waals surface area contributed by atoms with Gasteiger partial charge in [-0.25, -0.2) is 0 Å². The van der Waals surface area contributed by atoms with Gasteiger partial charge in [0.15, 0.2) is 0 Å². The van der Waals surface area contributed by atoms with Crippen LogP contribution in [0.25, 0.3) is 0 Å². The molecule has 116 valence electrons. The van der Waals surface area contributed by atoms with Crippen LogP contribution in [0.1, 0.15) is 45.4 Å². The summed E-state index contributed by atoms with van der Waals surface area (Å²) >= 11 is 0. The molecule has 0 unspecified atom stereocenters. The minimum absolute atomic E-state index is 0.144. The van der Waals surface area contributed by atoms with E-state index in [1.54, 1.807) is 6.92 Å². The molecule has 0 atom stereocenters. The molecule has 1 N–H and O–H groups in total. The summed E-state index contributed by atoms with van der Waals surface area (Å²) in [6.07, 6.45) is 5.41. The molecule has 6 heteroatoms. The summed E-state index contributed by atoms with van der Waals surface area (Å²) < 4.78 is 4.94. The fourth-order valence-electron chi connectivity index (χ4n) is 2.86. The van der Waals surface area contributed by atoms with Crippen LogP contribution < -0.4 is 5.32 Å². The van der Waals surface area contributed by atoms with Gasteiger partial charge < -0.3 is 10.1 Å². The molecule has 0 saturated heterocycles. The lowest BCUT2D eigenvalue weighted by atomic mass is 10.00. The third-order valence-corrected chi connectivity index (χ3v) is 4.10. The molecule has 0 bridgehead atoms. The molecule has 2 aliphatic rings. The topological polar surface area (TPSA) is 82.4 Å². The van der Waals surface area contributed by atoms with Gasteiger partial charge in [0.2, 0.25) is 5.91 Å². The first-order valence-corrected chi connectivity index (χ1v) is 7.70. The van der Waals surface area contributed by atoms with Crippen LogP contribution in [0, 0.1) is 11.3 Å². The summed E-state index contributed by atoms with van der Waals surface area (Å²) in [5.41, 5.74) is -0.698. The fourth-order valence-corrected chi connectivity index (χ4v) is 2.86. The van der Waals surface area contributed by atoms with Crippen molar-refractivity contribution in [2.75, 3.05) is 19.7 Å². The normalized spacial score (nSPS) is 20.0. The lowest BCUT2D eigenvalue weighted by molar-refractivity contribution is -0.144. The van der Waals surface area contributed by atoms with Crippen molar-refractivity contribution in [3.05, 3.63) is 0 Å². The largest absolute Gasteiger partial charge is 0.465 e. The van der Waals surface area contributed by atoms with Crippen LogP contribution >= 0.6 is 0 Å². The molecule has 2 saturated carbocycles. The van der Waals surface area contributed by atoms with E-state index in [0.717, 1.165) is 38.5 Å². The van der Waals surface area contributed by atoms with E-state index in [2.05, 4.69) is 11.4 Å². The quantitative estimate of drug-likeness (QED) is 0.707. The van der Waals surface area contributed by atoms with E-state index in [1.165, 1.54) is 0 Å². The Kier molecular flexibility index (Phi) is 5.18. The van der Waals surface area contributed by atoms with Crippen LogP contribution in [0.15, 0.2) is 0 Å². The van der Waals surface area contributed by atoms with Crippen LogP contribution in [0.5, 0.6) is 0 Å². The van der Waals surface area contributed by atoms with Crippen molar-refractivity contribution < 1.29 is 14.3 Å². The zero-order valence-electron chi connectivity index (χ0n) is 12.6. The first-order chi connectivity index (χ1) is 10.1. The summed E-state index contributed by atoms with van der Waals surface area (Å²) in [4.78, 5) is 25.6. The smallest absolute Gasteiger partial charge is 0.320 e. The molecule has 21 heavy (non-hydrogen) atoms. The molecule has 0 aromatic carbocycles. The molecule has 6 nitrogen and oxygen atoms in total. The number of hydrogen-bond donors (Lipinski definition) is 1. The minimum atomic E-state index is -0.698. The predicted octanol–water partition coefficient (Wildman–Crippen LogP) is 0.966. The van der Waals surface area contributed by atoms with Crippen LogP contribution in [-0.4, -0.2) is 48.1 Å². The molecule has 0 aromatic heterocycles. The average Bonchev–Trinajstić information content (AvgIpc) is 3.19. The Morgan fingerprint density at radius 2 is 2.00 bits per heavy atom. The molecule has 2 aliphatic carbocycles. The molecule has 0 radical (unpaired) electrons. The van der Waals surface area contributed by atoms with Crippen molar-refractivity contribution in [1.29, 1.82) is 5.26 Å². The lowest BCUT2D eigenvalue weighted by Crippen LogP contribution is -2.50. The number of nitrogens with zero attached hydrogens (tertiary/aromatic N) is 2. The standard InChI is InChI=1S/C15H23N3O3/c1-2-21-14(20)10-18(12-5-6-12)9-13(19)17-15(11-16)7-3-4-8-15/h12H,2-10H2,1H3,(H,17,19). The predicted molar refractivity (Wildman–Crippen MR) is 76.2 cm³/mol. The van der Waals surface area contributed by atoms with E-state index in [-0.39, 0.29) is 25.0 Å². The zero-order valence-corrected chi connectivity index (χ0v) is 12.6. The van der Waals surface area contributed by atoms with Gasteiger partial charge in [-0.05, 0) is 45.4 Å². The highest BCUT2D eigenvalue weighted by molar-refractivity contribution is 5.80. The SMILES string of the molecule is CCOC(=O)CN(CC(=O)NC1(C#N)CCCC1)C1CC1. The van der Waals surface area contributed by atoms with Crippen LogP contribution in [0.3, 0.4) is 0 Å². The Labute approximate surface area is 125 Å². The molecule has 1 amide bonds. The molecule has 2 fully saturated rings. The fraction of sp³-hybridized carbons (Fsp3) is 0.800. The minimum Gasteiger partial charge on any atom is -0.465 e. The Hall–Kier alpha value is -1.61. The number of esters is 1. The Balaban J connectivity index is 1.86. The molecular formula is C15H23N3O3. The van der Waals surface area contributed by atoms with Gasteiger partial charge in [-0.1, -0.05) is 0 Å². The van der Waals surface area contributed by atoms with E-state index in [4.69, 9.17) is 4.74 Å². The second-order valence-electron chi connectivity index (χ2n) is 5.89. The maximum absolute atomic E-state index is 12.2. The summed E-state index contributed by atoms with van der Waals surface area (Å²) in [6, 6.07) is 2.54. The van der Waals surface area contributed by atoms with Gasteiger partial charge in [-0.3, -0.25) is 14.5 Å². The number of nitriles is 1. The first kappa shape index (κ1) is 15.8. The number of amides is 1. The molecule has 2 rings (SSSR count). The lowest BCUT2D eigenvalue weighted by Gasteiger charge is -2.25. The van der Waals surface area contributed by atoms with Crippen molar-refractivity contribution >= 4 is 11.9 Å². The van der Waals surface area contributed by atoms with E-state index in [1.807, 2.05) is 4.90 Å². The molecule has 0 heterocycles. The van der Waals surface area contributed by atoms with Crippen molar-refractivity contribution in [2.45, 2.75) is 57.0 Å². The first-order valence-electron chi connectivity index (χ1n) is 7.70. The number of ether oxygens (including phenoxy) is 1. The molecular weight excluding hydrogens is 270 g/mol. The third kappa shape index (κ3) is 4.43. The van der Waals surface area contributed by atoms with Crippen LogP contribution in [0.4, 0.5) is 0 Å². The van der Waals surface area contributed by atoms with Gasteiger partial charge in [0.25, 0.3) is 0 Å². The average molecular weight is 293 g/mol. The Morgan fingerprint density at radius 3 is 2.52 bits per heavy atom. The van der Waals surface area contributed by atoms with Gasteiger partial charge in [0, 0.05) is 6.04 Å². The Morgan fingerprint density at radius 1 is 1.33 bits per heavy atom. The number of rotatable bonds is 7. The number of carbonyl (C=O) groups is 2. The number of nitrogens with one attached hydrogen (secondary N) is 1.